The molecule has 1 aliphatic rings. The van der Waals surface area contributed by atoms with Gasteiger partial charge in [0.2, 0.25) is 0 Å². The van der Waals surface area contributed by atoms with Gasteiger partial charge in [0.05, 0.1) is 10.7 Å². The highest BCUT2D eigenvalue weighted by atomic mass is 35.5. The number of rotatable bonds is 2. The molecule has 1 aromatic rings. The number of hydrogen-bond acceptors (Lipinski definition) is 1. The average molecular weight is 212 g/mol. The first-order chi connectivity index (χ1) is 6.70. The van der Waals surface area contributed by atoms with E-state index in [4.69, 9.17) is 16.7 Å². The summed E-state index contributed by atoms with van der Waals surface area (Å²) in [6.07, 6.45) is 0.926. The van der Waals surface area contributed by atoms with Gasteiger partial charge in [0.1, 0.15) is 0 Å². The number of nitrogens with zero attached hydrogens (tertiary/aromatic N) is 1. The Balaban J connectivity index is 2.35. The summed E-state index contributed by atoms with van der Waals surface area (Å²) in [5.41, 5.74) is 0.587. The number of carboxylic acid groups (broad SMARTS) is 1. The summed E-state index contributed by atoms with van der Waals surface area (Å²) in [5.74, 6) is 0. The third kappa shape index (κ3) is 1.68. The molecule has 0 unspecified atom stereocenters. The van der Waals surface area contributed by atoms with Gasteiger partial charge in [-0.15, -0.1) is 0 Å². The molecular formula is C10H10ClNO2. The minimum Gasteiger partial charge on any atom is -0.465 e. The quantitative estimate of drug-likeness (QED) is 0.817. The number of amides is 1. The first-order valence-electron chi connectivity index (χ1n) is 4.47. The first kappa shape index (κ1) is 9.34. The van der Waals surface area contributed by atoms with Crippen LogP contribution in [0, 0.1) is 0 Å². The number of halogens is 1. The summed E-state index contributed by atoms with van der Waals surface area (Å²) < 4.78 is 0. The largest absolute Gasteiger partial charge is 0.465 e. The van der Waals surface area contributed by atoms with Crippen molar-refractivity contribution in [2.45, 2.75) is 18.9 Å². The molecule has 0 aliphatic heterocycles. The van der Waals surface area contributed by atoms with E-state index in [1.54, 1.807) is 24.3 Å². The maximum atomic E-state index is 11.0. The normalized spacial score (nSPS) is 15.2. The van der Waals surface area contributed by atoms with Crippen LogP contribution in [0.5, 0.6) is 0 Å². The van der Waals surface area contributed by atoms with Gasteiger partial charge in [-0.3, -0.25) is 4.90 Å². The average Bonchev–Trinajstić information content (AvgIpc) is 2.92. The fourth-order valence-corrected chi connectivity index (χ4v) is 1.66. The zero-order valence-electron chi connectivity index (χ0n) is 7.48. The monoisotopic (exact) mass is 211 g/mol. The highest BCUT2D eigenvalue weighted by Gasteiger charge is 2.34. The van der Waals surface area contributed by atoms with Gasteiger partial charge < -0.3 is 5.11 Å². The Hall–Kier alpha value is -1.22. The Kier molecular flexibility index (Phi) is 2.33. The van der Waals surface area contributed by atoms with Crippen LogP contribution < -0.4 is 4.90 Å². The van der Waals surface area contributed by atoms with Gasteiger partial charge in [0.25, 0.3) is 0 Å². The second-order valence-electron chi connectivity index (χ2n) is 3.34. The van der Waals surface area contributed by atoms with E-state index in [-0.39, 0.29) is 6.04 Å². The van der Waals surface area contributed by atoms with Gasteiger partial charge in [-0.2, -0.15) is 0 Å². The van der Waals surface area contributed by atoms with Crippen LogP contribution in [0.2, 0.25) is 5.02 Å². The van der Waals surface area contributed by atoms with Crippen LogP contribution in [0.3, 0.4) is 0 Å². The summed E-state index contributed by atoms with van der Waals surface area (Å²) in [6.45, 7) is 0. The molecule has 1 saturated carbocycles. The van der Waals surface area contributed by atoms with Crippen LogP contribution in [-0.4, -0.2) is 17.2 Å². The maximum Gasteiger partial charge on any atom is 0.412 e. The van der Waals surface area contributed by atoms with E-state index in [0.29, 0.717) is 10.7 Å². The second kappa shape index (κ2) is 3.50. The molecule has 0 radical (unpaired) electrons. The predicted molar refractivity (Wildman–Crippen MR) is 55.0 cm³/mol. The molecule has 0 bridgehead atoms. The summed E-state index contributed by atoms with van der Waals surface area (Å²) in [7, 11) is 0. The molecular weight excluding hydrogens is 202 g/mol. The second-order valence-corrected chi connectivity index (χ2v) is 3.74. The maximum absolute atomic E-state index is 11.0. The highest BCUT2D eigenvalue weighted by molar-refractivity contribution is 6.33. The first-order valence-corrected chi connectivity index (χ1v) is 4.84. The Morgan fingerprint density at radius 1 is 1.43 bits per heavy atom. The molecule has 1 aliphatic carbocycles. The number of carbonyl (C=O) groups is 1. The summed E-state index contributed by atoms with van der Waals surface area (Å²) in [6, 6.07) is 7.13. The molecule has 4 heteroatoms. The fraction of sp³-hybridized carbons (Fsp3) is 0.300. The smallest absolute Gasteiger partial charge is 0.412 e. The van der Waals surface area contributed by atoms with E-state index in [9.17, 15) is 4.79 Å². The number of para-hydroxylation sites is 1. The van der Waals surface area contributed by atoms with Crippen molar-refractivity contribution >= 4 is 23.4 Å². The topological polar surface area (TPSA) is 40.5 Å². The van der Waals surface area contributed by atoms with Crippen molar-refractivity contribution < 1.29 is 9.90 Å². The third-order valence-corrected chi connectivity index (χ3v) is 2.55. The molecule has 0 heterocycles. The molecule has 1 fully saturated rings. The van der Waals surface area contributed by atoms with Crippen molar-refractivity contribution in [1.29, 1.82) is 0 Å². The van der Waals surface area contributed by atoms with Gasteiger partial charge in [-0.1, -0.05) is 23.7 Å². The predicted octanol–water partition coefficient (Wildman–Crippen LogP) is 2.99. The zero-order valence-corrected chi connectivity index (χ0v) is 8.24. The zero-order chi connectivity index (χ0) is 10.1. The van der Waals surface area contributed by atoms with Gasteiger partial charge in [-0.25, -0.2) is 4.79 Å². The lowest BCUT2D eigenvalue weighted by Gasteiger charge is -2.19. The van der Waals surface area contributed by atoms with Crippen molar-refractivity contribution in [3.63, 3.8) is 0 Å². The van der Waals surface area contributed by atoms with E-state index in [1.165, 1.54) is 4.90 Å². The van der Waals surface area contributed by atoms with Gasteiger partial charge >= 0.3 is 6.09 Å². The lowest BCUT2D eigenvalue weighted by molar-refractivity contribution is 0.201. The molecule has 1 amide bonds. The fourth-order valence-electron chi connectivity index (χ4n) is 1.44. The molecule has 2 rings (SSSR count). The van der Waals surface area contributed by atoms with Crippen LogP contribution in [0.25, 0.3) is 0 Å². The molecule has 3 nitrogen and oxygen atoms in total. The van der Waals surface area contributed by atoms with E-state index in [2.05, 4.69) is 0 Å². The van der Waals surface area contributed by atoms with Crippen molar-refractivity contribution in [2.24, 2.45) is 0 Å². The van der Waals surface area contributed by atoms with Crippen LogP contribution in [0.1, 0.15) is 12.8 Å². The van der Waals surface area contributed by atoms with E-state index in [1.807, 2.05) is 0 Å². The summed E-state index contributed by atoms with van der Waals surface area (Å²) in [5, 5.41) is 9.52. The standard InChI is InChI=1S/C10H10ClNO2/c11-8-3-1-2-4-9(8)12(10(13)14)7-5-6-7/h1-4,7H,5-6H2,(H,13,14). The molecule has 0 spiro atoms. The van der Waals surface area contributed by atoms with Crippen molar-refractivity contribution in [2.75, 3.05) is 4.90 Å². The molecule has 0 saturated heterocycles. The number of anilines is 1. The van der Waals surface area contributed by atoms with Crippen molar-refractivity contribution in [3.8, 4) is 0 Å². The van der Waals surface area contributed by atoms with Crippen LogP contribution in [-0.2, 0) is 0 Å². The molecule has 0 aromatic heterocycles. The SMILES string of the molecule is O=C(O)N(c1ccccc1Cl)C1CC1. The summed E-state index contributed by atoms with van der Waals surface area (Å²) in [4.78, 5) is 12.4. The van der Waals surface area contributed by atoms with Crippen LogP contribution in [0.4, 0.5) is 10.5 Å². The lowest BCUT2D eigenvalue weighted by atomic mass is 10.3. The van der Waals surface area contributed by atoms with Crippen LogP contribution >= 0.6 is 11.6 Å². The van der Waals surface area contributed by atoms with Crippen molar-refractivity contribution in [1.82, 2.24) is 0 Å². The molecule has 14 heavy (non-hydrogen) atoms. The Labute approximate surface area is 86.9 Å². The molecule has 1 aromatic carbocycles. The molecule has 74 valence electrons. The van der Waals surface area contributed by atoms with Gasteiger partial charge in [0, 0.05) is 6.04 Å². The number of benzene rings is 1. The lowest BCUT2D eigenvalue weighted by Crippen LogP contribution is -2.31. The third-order valence-electron chi connectivity index (χ3n) is 2.23. The summed E-state index contributed by atoms with van der Waals surface area (Å²) >= 11 is 5.93. The van der Waals surface area contributed by atoms with Crippen molar-refractivity contribution in [3.05, 3.63) is 29.3 Å². The van der Waals surface area contributed by atoms with Gasteiger partial charge in [0.15, 0.2) is 0 Å². The Morgan fingerprint density at radius 2 is 2.07 bits per heavy atom. The minimum absolute atomic E-state index is 0.118. The number of hydrogen-bond donors (Lipinski definition) is 1. The Bertz CT molecular complexity index is 363. The minimum atomic E-state index is -0.930. The van der Waals surface area contributed by atoms with E-state index < -0.39 is 6.09 Å². The van der Waals surface area contributed by atoms with E-state index >= 15 is 0 Å². The molecule has 0 atom stereocenters. The van der Waals surface area contributed by atoms with Gasteiger partial charge in [-0.05, 0) is 25.0 Å². The molecule has 1 N–H and O–H groups in total. The van der Waals surface area contributed by atoms with Crippen LogP contribution in [0.15, 0.2) is 24.3 Å². The van der Waals surface area contributed by atoms with E-state index in [0.717, 1.165) is 12.8 Å². The highest BCUT2D eigenvalue weighted by Crippen LogP contribution is 2.35. The Morgan fingerprint density at radius 3 is 2.57 bits per heavy atom.